The minimum Gasteiger partial charge on any atom is -0.387 e. The third-order valence-corrected chi connectivity index (χ3v) is 4.35. The molecule has 3 rings (SSSR count). The van der Waals surface area contributed by atoms with Crippen LogP contribution in [0.4, 0.5) is 10.1 Å². The van der Waals surface area contributed by atoms with E-state index in [-0.39, 0.29) is 18.2 Å². The number of nitrogens with zero attached hydrogens (tertiary/aromatic N) is 4. The number of carbonyl (C=O) groups excluding carboxylic acids is 1. The predicted octanol–water partition coefficient (Wildman–Crippen LogP) is 2.45. The molecule has 0 radical (unpaired) electrons. The van der Waals surface area contributed by atoms with Gasteiger partial charge in [-0.25, -0.2) is 13.9 Å². The van der Waals surface area contributed by atoms with Gasteiger partial charge in [-0.1, -0.05) is 0 Å². The smallest absolute Gasteiger partial charge is 0.255 e. The van der Waals surface area contributed by atoms with Crippen LogP contribution < -0.4 is 10.6 Å². The minimum absolute atomic E-state index is 0.0270. The first-order chi connectivity index (χ1) is 13.7. The number of aromatic nitrogens is 4. The van der Waals surface area contributed by atoms with Gasteiger partial charge in [0.2, 0.25) is 0 Å². The maximum Gasteiger partial charge on any atom is 0.255 e. The van der Waals surface area contributed by atoms with Crippen molar-refractivity contribution in [3.63, 3.8) is 0 Å². The molecule has 3 N–H and O–H groups in total. The second-order valence-corrected chi connectivity index (χ2v) is 7.69. The number of imidazole rings is 1. The zero-order chi connectivity index (χ0) is 21.2. The van der Waals surface area contributed by atoms with Gasteiger partial charge in [0.1, 0.15) is 6.17 Å². The summed E-state index contributed by atoms with van der Waals surface area (Å²) >= 11 is 0. The third-order valence-electron chi connectivity index (χ3n) is 4.35. The molecule has 0 spiro atoms. The maximum atomic E-state index is 14.0. The summed E-state index contributed by atoms with van der Waals surface area (Å²) < 4.78 is 15.6. The molecule has 0 unspecified atom stereocenters. The largest absolute Gasteiger partial charge is 0.387 e. The van der Waals surface area contributed by atoms with E-state index in [9.17, 15) is 14.3 Å². The molecule has 1 atom stereocenters. The number of anilines is 1. The monoisotopic (exact) mass is 400 g/mol. The third kappa shape index (κ3) is 4.68. The summed E-state index contributed by atoms with van der Waals surface area (Å²) in [6.07, 6.45) is 4.94. The van der Waals surface area contributed by atoms with E-state index in [1.54, 1.807) is 23.1 Å². The number of amides is 1. The number of pyridine rings is 1. The number of halogens is 1. The molecule has 0 fully saturated rings. The van der Waals surface area contributed by atoms with E-state index in [2.05, 4.69) is 25.7 Å². The molecular formula is C20H25FN6O2. The molecule has 8 nitrogen and oxygen atoms in total. The number of fused-ring (bicyclic) bond motifs is 1. The summed E-state index contributed by atoms with van der Waals surface area (Å²) in [5.41, 5.74) is 1.26. The van der Waals surface area contributed by atoms with Crippen molar-refractivity contribution in [2.75, 3.05) is 11.9 Å². The summed E-state index contributed by atoms with van der Waals surface area (Å²) in [7, 11) is 0. The average Bonchev–Trinajstić information content (AvgIpc) is 3.10. The second kappa shape index (κ2) is 8.12. The Hall–Kier alpha value is -3.07. The van der Waals surface area contributed by atoms with Gasteiger partial charge in [0.15, 0.2) is 5.65 Å². The fourth-order valence-electron chi connectivity index (χ4n) is 2.73. The molecule has 3 aromatic rings. The van der Waals surface area contributed by atoms with Gasteiger partial charge < -0.3 is 15.7 Å². The van der Waals surface area contributed by atoms with Crippen molar-refractivity contribution in [2.45, 2.75) is 45.5 Å². The van der Waals surface area contributed by atoms with Crippen molar-refractivity contribution in [2.24, 2.45) is 0 Å². The molecule has 0 bridgehead atoms. The highest BCUT2D eigenvalue weighted by atomic mass is 19.1. The standard InChI is InChI=1S/C20H25FN6O2/c1-12(2)25-17-14(19(28)23-10-16(21)20(3,4)29)9-24-27-11-15(26-18(17)27)13-5-7-22-8-6-13/h5-9,11-12,16,25,29H,10H2,1-4H3,(H,23,28)/t16-/m1/s1. The zero-order valence-electron chi connectivity index (χ0n) is 16.8. The van der Waals surface area contributed by atoms with Gasteiger partial charge in [-0.2, -0.15) is 5.10 Å². The molecule has 0 aliphatic carbocycles. The van der Waals surface area contributed by atoms with Crippen LogP contribution in [0, 0.1) is 0 Å². The topological polar surface area (TPSA) is 104 Å². The second-order valence-electron chi connectivity index (χ2n) is 7.69. The lowest BCUT2D eigenvalue weighted by molar-refractivity contribution is -0.00177. The Labute approximate surface area is 168 Å². The van der Waals surface area contributed by atoms with Gasteiger partial charge in [0, 0.05) is 24.0 Å². The van der Waals surface area contributed by atoms with E-state index in [1.807, 2.05) is 26.0 Å². The van der Waals surface area contributed by atoms with Crippen molar-refractivity contribution < 1.29 is 14.3 Å². The lowest BCUT2D eigenvalue weighted by Crippen LogP contribution is -2.42. The van der Waals surface area contributed by atoms with Crippen molar-refractivity contribution in [1.82, 2.24) is 24.9 Å². The summed E-state index contributed by atoms with van der Waals surface area (Å²) in [5, 5.41) is 19.8. The number of carbonyl (C=O) groups is 1. The first-order valence-electron chi connectivity index (χ1n) is 9.36. The van der Waals surface area contributed by atoms with Crippen LogP contribution in [0.5, 0.6) is 0 Å². The van der Waals surface area contributed by atoms with Crippen molar-refractivity contribution >= 4 is 17.2 Å². The maximum absolute atomic E-state index is 14.0. The number of aliphatic hydroxyl groups is 1. The number of hydrogen-bond acceptors (Lipinski definition) is 6. The predicted molar refractivity (Wildman–Crippen MR) is 109 cm³/mol. The van der Waals surface area contributed by atoms with Crippen LogP contribution in [0.2, 0.25) is 0 Å². The molecule has 0 aliphatic rings. The first-order valence-corrected chi connectivity index (χ1v) is 9.36. The molecule has 9 heteroatoms. The van der Waals surface area contributed by atoms with Gasteiger partial charge in [-0.3, -0.25) is 9.78 Å². The van der Waals surface area contributed by atoms with Gasteiger partial charge in [0.05, 0.1) is 41.5 Å². The van der Waals surface area contributed by atoms with Gasteiger partial charge in [-0.15, -0.1) is 0 Å². The highest BCUT2D eigenvalue weighted by molar-refractivity contribution is 6.02. The van der Waals surface area contributed by atoms with Crippen LogP contribution in [-0.2, 0) is 0 Å². The van der Waals surface area contributed by atoms with E-state index >= 15 is 0 Å². The van der Waals surface area contributed by atoms with Crippen LogP contribution >= 0.6 is 0 Å². The van der Waals surface area contributed by atoms with Crippen LogP contribution in [-0.4, -0.2) is 55.0 Å². The number of nitrogens with one attached hydrogen (secondary N) is 2. The molecule has 3 aromatic heterocycles. The highest BCUT2D eigenvalue weighted by Gasteiger charge is 2.27. The fraction of sp³-hybridized carbons (Fsp3) is 0.400. The van der Waals surface area contributed by atoms with Crippen LogP contribution in [0.3, 0.4) is 0 Å². The molecule has 0 aromatic carbocycles. The quantitative estimate of drug-likeness (QED) is 0.563. The number of hydrogen-bond donors (Lipinski definition) is 3. The van der Waals surface area contributed by atoms with Gasteiger partial charge >= 0.3 is 0 Å². The molecule has 29 heavy (non-hydrogen) atoms. The van der Waals surface area contributed by atoms with Gasteiger partial charge in [-0.05, 0) is 39.8 Å². The normalized spacial score (nSPS) is 12.9. The van der Waals surface area contributed by atoms with Crippen LogP contribution in [0.15, 0.2) is 36.9 Å². The Morgan fingerprint density at radius 3 is 2.62 bits per heavy atom. The van der Waals surface area contributed by atoms with E-state index in [0.29, 0.717) is 17.0 Å². The van der Waals surface area contributed by atoms with Crippen molar-refractivity contribution in [1.29, 1.82) is 0 Å². The fourth-order valence-corrected chi connectivity index (χ4v) is 2.73. The molecule has 1 amide bonds. The van der Waals surface area contributed by atoms with Crippen LogP contribution in [0.1, 0.15) is 38.1 Å². The lowest BCUT2D eigenvalue weighted by atomic mass is 10.0. The molecule has 0 saturated heterocycles. The molecule has 154 valence electrons. The molecule has 0 aliphatic heterocycles. The Balaban J connectivity index is 1.97. The molecular weight excluding hydrogens is 375 g/mol. The Morgan fingerprint density at radius 1 is 1.31 bits per heavy atom. The number of alkyl halides is 1. The zero-order valence-corrected chi connectivity index (χ0v) is 16.8. The first kappa shape index (κ1) is 20.7. The molecule has 0 saturated carbocycles. The van der Waals surface area contributed by atoms with E-state index in [4.69, 9.17) is 0 Å². The summed E-state index contributed by atoms with van der Waals surface area (Å²) in [5.74, 6) is -0.497. The summed E-state index contributed by atoms with van der Waals surface area (Å²) in [4.78, 5) is 21.4. The van der Waals surface area contributed by atoms with E-state index in [1.165, 1.54) is 20.0 Å². The highest BCUT2D eigenvalue weighted by Crippen LogP contribution is 2.25. The Bertz CT molecular complexity index is 997. The summed E-state index contributed by atoms with van der Waals surface area (Å²) in [6.45, 7) is 6.28. The van der Waals surface area contributed by atoms with E-state index < -0.39 is 17.7 Å². The lowest BCUT2D eigenvalue weighted by Gasteiger charge is -2.22. The average molecular weight is 400 g/mol. The van der Waals surface area contributed by atoms with Gasteiger partial charge in [0.25, 0.3) is 5.91 Å². The minimum atomic E-state index is -1.60. The molecule has 3 heterocycles. The van der Waals surface area contributed by atoms with Crippen molar-refractivity contribution in [3.05, 3.63) is 42.5 Å². The van der Waals surface area contributed by atoms with Crippen LogP contribution in [0.25, 0.3) is 16.9 Å². The van der Waals surface area contributed by atoms with Crippen molar-refractivity contribution in [3.8, 4) is 11.3 Å². The number of rotatable bonds is 7. The SMILES string of the molecule is CC(C)Nc1c(C(=O)NC[C@@H](F)C(C)(C)O)cnn2cc(-c3ccncc3)nc12. The summed E-state index contributed by atoms with van der Waals surface area (Å²) in [6, 6.07) is 3.70. The van der Waals surface area contributed by atoms with E-state index in [0.717, 1.165) is 5.56 Å². The Morgan fingerprint density at radius 2 is 2.00 bits per heavy atom. The Kier molecular flexibility index (Phi) is 5.78.